The van der Waals surface area contributed by atoms with E-state index in [-0.39, 0.29) is 0 Å². The molecule has 0 spiro atoms. The minimum Gasteiger partial charge on any atom is -0.378 e. The second kappa shape index (κ2) is 5.36. The van der Waals surface area contributed by atoms with Gasteiger partial charge in [0.2, 0.25) is 0 Å². The number of halogens is 3. The van der Waals surface area contributed by atoms with Crippen molar-refractivity contribution < 1.29 is 0 Å². The summed E-state index contributed by atoms with van der Waals surface area (Å²) in [4.78, 5) is 5.12. The number of hydrogen-bond acceptors (Lipinski definition) is 3. The first kappa shape index (κ1) is 12.2. The molecule has 0 amide bonds. The van der Waals surface area contributed by atoms with E-state index in [4.69, 9.17) is 23.2 Å². The molecule has 1 N–H and O–H groups in total. The maximum Gasteiger partial charge on any atom is 0.152 e. The van der Waals surface area contributed by atoms with Gasteiger partial charge in [0.25, 0.3) is 0 Å². The van der Waals surface area contributed by atoms with Crippen molar-refractivity contribution in [3.63, 3.8) is 0 Å². The summed E-state index contributed by atoms with van der Waals surface area (Å²) < 4.78 is 1.68. The van der Waals surface area contributed by atoms with Crippen molar-refractivity contribution in [3.8, 4) is 0 Å². The van der Waals surface area contributed by atoms with Gasteiger partial charge in [-0.05, 0) is 34.1 Å². The van der Waals surface area contributed by atoms with Crippen LogP contribution in [0.25, 0.3) is 0 Å². The molecule has 0 saturated carbocycles. The highest BCUT2D eigenvalue weighted by Gasteiger charge is 2.05. The van der Waals surface area contributed by atoms with Crippen LogP contribution in [0.2, 0.25) is 9.49 Å². The highest BCUT2D eigenvalue weighted by atomic mass is 79.9. The number of thiophene rings is 1. The van der Waals surface area contributed by atoms with Crippen LogP contribution in [0.3, 0.4) is 0 Å². The largest absolute Gasteiger partial charge is 0.378 e. The number of nitrogens with zero attached hydrogens (tertiary/aromatic N) is 1. The predicted octanol–water partition coefficient (Wildman–Crippen LogP) is 4.82. The van der Waals surface area contributed by atoms with Gasteiger partial charge < -0.3 is 5.32 Å². The third-order valence-corrected chi connectivity index (χ3v) is 4.68. The van der Waals surface area contributed by atoms with Crippen LogP contribution in [0.15, 0.2) is 28.9 Å². The molecule has 2 aromatic rings. The number of nitrogens with one attached hydrogen (secondary N) is 1. The highest BCUT2D eigenvalue weighted by molar-refractivity contribution is 9.10. The zero-order valence-corrected chi connectivity index (χ0v) is 11.9. The minimum absolute atomic E-state index is 0.476. The smallest absolute Gasteiger partial charge is 0.152 e. The molecule has 0 unspecified atom stereocenters. The van der Waals surface area contributed by atoms with E-state index in [1.165, 1.54) is 11.3 Å². The molecule has 0 saturated heterocycles. The van der Waals surface area contributed by atoms with Crippen LogP contribution in [0.1, 0.15) is 4.88 Å². The van der Waals surface area contributed by atoms with Crippen LogP contribution < -0.4 is 5.32 Å². The fourth-order valence-electron chi connectivity index (χ4n) is 1.18. The molecule has 2 rings (SSSR count). The molecule has 16 heavy (non-hydrogen) atoms. The monoisotopic (exact) mass is 336 g/mol. The first-order valence-corrected chi connectivity index (χ1v) is 6.81. The van der Waals surface area contributed by atoms with E-state index in [2.05, 4.69) is 26.2 Å². The summed E-state index contributed by atoms with van der Waals surface area (Å²) in [6.07, 6.45) is 1.66. The van der Waals surface area contributed by atoms with Crippen LogP contribution in [0.5, 0.6) is 0 Å². The standard InChI is InChI=1S/C10H7BrCl2N2S/c11-7-4-6(16-10(7)13)5-15-8-2-1-3-14-9(8)12/h1-4,15H,5H2. The van der Waals surface area contributed by atoms with Crippen LogP contribution in [-0.4, -0.2) is 4.98 Å². The number of aromatic nitrogens is 1. The van der Waals surface area contributed by atoms with E-state index in [1.54, 1.807) is 6.20 Å². The molecule has 84 valence electrons. The van der Waals surface area contributed by atoms with Gasteiger partial charge in [0, 0.05) is 22.1 Å². The first-order chi connectivity index (χ1) is 7.66. The SMILES string of the molecule is Clc1ncccc1NCc1cc(Br)c(Cl)s1. The van der Waals surface area contributed by atoms with Crippen LogP contribution in [0.4, 0.5) is 5.69 Å². The zero-order valence-electron chi connectivity index (χ0n) is 8.01. The van der Waals surface area contributed by atoms with Gasteiger partial charge in [-0.3, -0.25) is 0 Å². The van der Waals surface area contributed by atoms with Crippen molar-refractivity contribution in [2.45, 2.75) is 6.54 Å². The maximum absolute atomic E-state index is 5.95. The molecule has 0 bridgehead atoms. The van der Waals surface area contributed by atoms with Crippen molar-refractivity contribution in [1.29, 1.82) is 0 Å². The van der Waals surface area contributed by atoms with Crippen LogP contribution >= 0.6 is 50.5 Å². The number of rotatable bonds is 3. The van der Waals surface area contributed by atoms with Crippen molar-refractivity contribution >= 4 is 56.2 Å². The van der Waals surface area contributed by atoms with Gasteiger partial charge in [0.15, 0.2) is 5.15 Å². The molecule has 2 nitrogen and oxygen atoms in total. The maximum atomic E-state index is 5.95. The molecule has 0 aliphatic rings. The zero-order chi connectivity index (χ0) is 11.5. The van der Waals surface area contributed by atoms with Crippen molar-refractivity contribution in [2.24, 2.45) is 0 Å². The lowest BCUT2D eigenvalue weighted by molar-refractivity contribution is 1.17. The van der Waals surface area contributed by atoms with Gasteiger partial charge in [-0.15, -0.1) is 11.3 Å². The average molecular weight is 338 g/mol. The van der Waals surface area contributed by atoms with Gasteiger partial charge in [0.05, 0.1) is 5.69 Å². The summed E-state index contributed by atoms with van der Waals surface area (Å²) in [5, 5.41) is 3.68. The lowest BCUT2D eigenvalue weighted by Crippen LogP contribution is -1.98. The number of pyridine rings is 1. The molecule has 0 atom stereocenters. The van der Waals surface area contributed by atoms with Gasteiger partial charge in [0.1, 0.15) is 4.34 Å². The Morgan fingerprint density at radius 1 is 1.44 bits per heavy atom. The molecule has 2 aromatic heterocycles. The van der Waals surface area contributed by atoms with Gasteiger partial charge in [-0.1, -0.05) is 23.2 Å². The summed E-state index contributed by atoms with van der Waals surface area (Å²) in [6, 6.07) is 5.72. The van der Waals surface area contributed by atoms with E-state index in [0.29, 0.717) is 11.7 Å². The quantitative estimate of drug-likeness (QED) is 0.812. The number of anilines is 1. The molecular formula is C10H7BrCl2N2S. The van der Waals surface area contributed by atoms with E-state index < -0.39 is 0 Å². The molecule has 0 aliphatic carbocycles. The normalized spacial score (nSPS) is 10.4. The van der Waals surface area contributed by atoms with Gasteiger partial charge in [-0.2, -0.15) is 0 Å². The Morgan fingerprint density at radius 2 is 2.25 bits per heavy atom. The molecule has 0 radical (unpaired) electrons. The van der Waals surface area contributed by atoms with Crippen LogP contribution in [0, 0.1) is 0 Å². The summed E-state index contributed by atoms with van der Waals surface area (Å²) in [6.45, 7) is 0.682. The molecular weight excluding hydrogens is 331 g/mol. The Kier molecular flexibility index (Phi) is 4.08. The molecule has 0 aromatic carbocycles. The van der Waals surface area contributed by atoms with Crippen molar-refractivity contribution in [3.05, 3.63) is 43.2 Å². The fourth-order valence-corrected chi connectivity index (χ4v) is 3.10. The molecule has 0 aliphatic heterocycles. The lowest BCUT2D eigenvalue weighted by Gasteiger charge is -2.05. The van der Waals surface area contributed by atoms with Crippen LogP contribution in [-0.2, 0) is 6.54 Å². The number of hydrogen-bond donors (Lipinski definition) is 1. The van der Waals surface area contributed by atoms with E-state index in [1.807, 2.05) is 18.2 Å². The summed E-state index contributed by atoms with van der Waals surface area (Å²) in [5.74, 6) is 0. The molecule has 6 heteroatoms. The second-order valence-electron chi connectivity index (χ2n) is 3.03. The highest BCUT2D eigenvalue weighted by Crippen LogP contribution is 2.32. The summed E-state index contributed by atoms with van der Waals surface area (Å²) >= 11 is 16.8. The summed E-state index contributed by atoms with van der Waals surface area (Å²) in [7, 11) is 0. The second-order valence-corrected chi connectivity index (χ2v) is 5.98. The Balaban J connectivity index is 2.05. The third-order valence-electron chi connectivity index (χ3n) is 1.91. The van der Waals surface area contributed by atoms with Crippen molar-refractivity contribution in [1.82, 2.24) is 4.98 Å². The lowest BCUT2D eigenvalue weighted by atomic mass is 10.4. The topological polar surface area (TPSA) is 24.9 Å². The Bertz CT molecular complexity index is 482. The Hall–Kier alpha value is -0.290. The van der Waals surface area contributed by atoms with E-state index >= 15 is 0 Å². The van der Waals surface area contributed by atoms with Gasteiger partial charge in [-0.25, -0.2) is 4.98 Å². The average Bonchev–Trinajstić information content (AvgIpc) is 2.57. The minimum atomic E-state index is 0.476. The fraction of sp³-hybridized carbons (Fsp3) is 0.100. The first-order valence-electron chi connectivity index (χ1n) is 4.45. The summed E-state index contributed by atoms with van der Waals surface area (Å²) in [5.41, 5.74) is 0.824. The molecule has 0 fully saturated rings. The van der Waals surface area contributed by atoms with E-state index in [0.717, 1.165) is 19.4 Å². The Morgan fingerprint density at radius 3 is 2.88 bits per heavy atom. The van der Waals surface area contributed by atoms with Crippen molar-refractivity contribution in [2.75, 3.05) is 5.32 Å². The molecule has 2 heterocycles. The predicted molar refractivity (Wildman–Crippen MR) is 73.6 cm³/mol. The third kappa shape index (κ3) is 2.88. The van der Waals surface area contributed by atoms with E-state index in [9.17, 15) is 0 Å². The Labute approximate surface area is 116 Å². The van der Waals surface area contributed by atoms with Gasteiger partial charge >= 0.3 is 0 Å².